The number of carbonyl (C=O) groups excluding carboxylic acids is 2. The van der Waals surface area contributed by atoms with Crippen LogP contribution in [0.25, 0.3) is 0 Å². The summed E-state index contributed by atoms with van der Waals surface area (Å²) in [5.41, 5.74) is 0.420. The standard InChI is InChI=1S/C16H20FN3O2S/c17-13-4-2-1-3-12(13)9-15(21)19-5-7-20(8-6-19)16(22)14-10-23-11-18-14/h1-4,14,18H,5-11H2. The van der Waals surface area contributed by atoms with Gasteiger partial charge < -0.3 is 9.80 Å². The third kappa shape index (κ3) is 3.84. The van der Waals surface area contributed by atoms with Crippen LogP contribution in [0.3, 0.4) is 0 Å². The molecular weight excluding hydrogens is 317 g/mol. The summed E-state index contributed by atoms with van der Waals surface area (Å²) >= 11 is 1.72. The van der Waals surface area contributed by atoms with Crippen LogP contribution in [-0.2, 0) is 16.0 Å². The molecule has 1 unspecified atom stereocenters. The molecule has 0 aromatic heterocycles. The first kappa shape index (κ1) is 16.3. The van der Waals surface area contributed by atoms with Crippen molar-refractivity contribution in [3.8, 4) is 0 Å². The summed E-state index contributed by atoms with van der Waals surface area (Å²) in [6.45, 7) is 2.12. The number of benzene rings is 1. The Morgan fingerprint density at radius 1 is 1.17 bits per heavy atom. The van der Waals surface area contributed by atoms with E-state index in [1.807, 2.05) is 4.90 Å². The SMILES string of the molecule is O=C(Cc1ccccc1F)N1CCN(C(=O)C2CSCN2)CC1. The summed E-state index contributed by atoms with van der Waals surface area (Å²) in [5, 5.41) is 3.18. The molecule has 3 rings (SSSR count). The molecule has 0 radical (unpaired) electrons. The quantitative estimate of drug-likeness (QED) is 0.882. The second kappa shape index (κ2) is 7.31. The van der Waals surface area contributed by atoms with Crippen molar-refractivity contribution in [2.45, 2.75) is 12.5 Å². The largest absolute Gasteiger partial charge is 0.339 e. The summed E-state index contributed by atoms with van der Waals surface area (Å²) in [4.78, 5) is 28.1. The molecule has 5 nitrogen and oxygen atoms in total. The monoisotopic (exact) mass is 337 g/mol. The van der Waals surface area contributed by atoms with Crippen molar-refractivity contribution < 1.29 is 14.0 Å². The Kier molecular flexibility index (Phi) is 5.17. The van der Waals surface area contributed by atoms with Crippen LogP contribution in [0.1, 0.15) is 5.56 Å². The smallest absolute Gasteiger partial charge is 0.240 e. The van der Waals surface area contributed by atoms with Gasteiger partial charge in [0.15, 0.2) is 0 Å². The van der Waals surface area contributed by atoms with Crippen LogP contribution >= 0.6 is 11.8 Å². The van der Waals surface area contributed by atoms with E-state index in [0.29, 0.717) is 31.7 Å². The minimum atomic E-state index is -0.348. The van der Waals surface area contributed by atoms with Gasteiger partial charge in [0.05, 0.1) is 12.5 Å². The molecule has 7 heteroatoms. The van der Waals surface area contributed by atoms with Gasteiger partial charge in [0.1, 0.15) is 5.82 Å². The molecule has 1 atom stereocenters. The lowest BCUT2D eigenvalue weighted by Crippen LogP contribution is -2.54. The summed E-state index contributed by atoms with van der Waals surface area (Å²) < 4.78 is 13.6. The lowest BCUT2D eigenvalue weighted by molar-refractivity contribution is -0.140. The molecule has 0 bridgehead atoms. The number of piperazine rings is 1. The van der Waals surface area contributed by atoms with E-state index in [0.717, 1.165) is 11.6 Å². The minimum Gasteiger partial charge on any atom is -0.339 e. The number of nitrogens with one attached hydrogen (secondary N) is 1. The molecule has 2 heterocycles. The number of rotatable bonds is 3. The van der Waals surface area contributed by atoms with E-state index in [2.05, 4.69) is 5.32 Å². The molecule has 2 amide bonds. The van der Waals surface area contributed by atoms with E-state index >= 15 is 0 Å². The predicted molar refractivity (Wildman–Crippen MR) is 87.5 cm³/mol. The second-order valence-corrected chi connectivity index (χ2v) is 6.78. The van der Waals surface area contributed by atoms with E-state index in [1.165, 1.54) is 6.07 Å². The molecular formula is C16H20FN3O2S. The summed E-state index contributed by atoms with van der Waals surface area (Å²) in [6.07, 6.45) is 0.0709. The van der Waals surface area contributed by atoms with E-state index in [4.69, 9.17) is 0 Å². The maximum Gasteiger partial charge on any atom is 0.240 e. The van der Waals surface area contributed by atoms with Gasteiger partial charge in [-0.15, -0.1) is 11.8 Å². The van der Waals surface area contributed by atoms with Crippen LogP contribution in [0.5, 0.6) is 0 Å². The molecule has 0 aliphatic carbocycles. The fourth-order valence-electron chi connectivity index (χ4n) is 2.87. The second-order valence-electron chi connectivity index (χ2n) is 5.75. The Morgan fingerprint density at radius 3 is 2.52 bits per heavy atom. The van der Waals surface area contributed by atoms with Crippen LogP contribution in [-0.4, -0.2) is 65.5 Å². The zero-order valence-electron chi connectivity index (χ0n) is 12.8. The van der Waals surface area contributed by atoms with Crippen LogP contribution < -0.4 is 5.32 Å². The number of nitrogens with zero attached hydrogens (tertiary/aromatic N) is 2. The van der Waals surface area contributed by atoms with Crippen molar-refractivity contribution in [3.05, 3.63) is 35.6 Å². The molecule has 23 heavy (non-hydrogen) atoms. The lowest BCUT2D eigenvalue weighted by Gasteiger charge is -2.36. The van der Waals surface area contributed by atoms with Gasteiger partial charge in [0.25, 0.3) is 0 Å². The summed E-state index contributed by atoms with van der Waals surface area (Å²) in [5.74, 6) is 1.32. The predicted octanol–water partition coefficient (Wildman–Crippen LogP) is 0.701. The number of amides is 2. The van der Waals surface area contributed by atoms with E-state index in [9.17, 15) is 14.0 Å². The molecule has 2 aliphatic rings. The molecule has 1 N–H and O–H groups in total. The first-order chi connectivity index (χ1) is 11.1. The highest BCUT2D eigenvalue weighted by atomic mass is 32.2. The molecule has 1 aromatic rings. The maximum atomic E-state index is 13.6. The molecule has 0 spiro atoms. The Hall–Kier alpha value is -1.60. The molecule has 2 fully saturated rings. The van der Waals surface area contributed by atoms with Gasteiger partial charge in [-0.1, -0.05) is 18.2 Å². The third-order valence-electron chi connectivity index (χ3n) is 4.26. The third-order valence-corrected chi connectivity index (χ3v) is 5.20. The number of hydrogen-bond donors (Lipinski definition) is 1. The highest BCUT2D eigenvalue weighted by molar-refractivity contribution is 7.99. The van der Waals surface area contributed by atoms with Gasteiger partial charge >= 0.3 is 0 Å². The molecule has 0 saturated carbocycles. The Morgan fingerprint density at radius 2 is 1.87 bits per heavy atom. The Balaban J connectivity index is 1.51. The fraction of sp³-hybridized carbons (Fsp3) is 0.500. The zero-order valence-corrected chi connectivity index (χ0v) is 13.7. The highest BCUT2D eigenvalue weighted by Crippen LogP contribution is 2.14. The highest BCUT2D eigenvalue weighted by Gasteiger charge is 2.30. The first-order valence-corrected chi connectivity index (χ1v) is 8.92. The van der Waals surface area contributed by atoms with Crippen molar-refractivity contribution in [2.75, 3.05) is 37.8 Å². The Bertz CT molecular complexity index is 584. The van der Waals surface area contributed by atoms with E-state index in [-0.39, 0.29) is 30.1 Å². The lowest BCUT2D eigenvalue weighted by atomic mass is 10.1. The van der Waals surface area contributed by atoms with E-state index in [1.54, 1.807) is 34.9 Å². The van der Waals surface area contributed by atoms with Gasteiger partial charge in [-0.25, -0.2) is 4.39 Å². The van der Waals surface area contributed by atoms with Gasteiger partial charge in [0, 0.05) is 37.8 Å². The van der Waals surface area contributed by atoms with Crippen molar-refractivity contribution >= 4 is 23.6 Å². The van der Waals surface area contributed by atoms with Crippen molar-refractivity contribution in [2.24, 2.45) is 0 Å². The summed E-state index contributed by atoms with van der Waals surface area (Å²) in [7, 11) is 0. The summed E-state index contributed by atoms with van der Waals surface area (Å²) in [6, 6.07) is 6.25. The van der Waals surface area contributed by atoms with Gasteiger partial charge in [-0.3, -0.25) is 14.9 Å². The average molecular weight is 337 g/mol. The molecule has 2 aliphatic heterocycles. The number of carbonyl (C=O) groups is 2. The molecule has 2 saturated heterocycles. The molecule has 124 valence electrons. The zero-order chi connectivity index (χ0) is 16.2. The number of halogens is 1. The van der Waals surface area contributed by atoms with Gasteiger partial charge in [0.2, 0.25) is 11.8 Å². The van der Waals surface area contributed by atoms with E-state index < -0.39 is 0 Å². The topological polar surface area (TPSA) is 52.7 Å². The van der Waals surface area contributed by atoms with Crippen molar-refractivity contribution in [1.82, 2.24) is 15.1 Å². The van der Waals surface area contributed by atoms with Crippen molar-refractivity contribution in [3.63, 3.8) is 0 Å². The minimum absolute atomic E-state index is 0.0709. The Labute approximate surface area is 139 Å². The van der Waals surface area contributed by atoms with Crippen LogP contribution in [0.4, 0.5) is 4.39 Å². The van der Waals surface area contributed by atoms with Crippen LogP contribution in [0.15, 0.2) is 24.3 Å². The number of thioether (sulfide) groups is 1. The molecule has 1 aromatic carbocycles. The maximum absolute atomic E-state index is 13.6. The average Bonchev–Trinajstić information content (AvgIpc) is 3.11. The van der Waals surface area contributed by atoms with Gasteiger partial charge in [-0.05, 0) is 11.6 Å². The van der Waals surface area contributed by atoms with Crippen molar-refractivity contribution in [1.29, 1.82) is 0 Å². The number of hydrogen-bond acceptors (Lipinski definition) is 4. The normalized spacial score (nSPS) is 21.5. The van der Waals surface area contributed by atoms with Crippen LogP contribution in [0.2, 0.25) is 0 Å². The van der Waals surface area contributed by atoms with Crippen LogP contribution in [0, 0.1) is 5.82 Å². The fourth-order valence-corrected chi connectivity index (χ4v) is 3.80. The van der Waals surface area contributed by atoms with Gasteiger partial charge in [-0.2, -0.15) is 0 Å². The first-order valence-electron chi connectivity index (χ1n) is 7.76.